The summed E-state index contributed by atoms with van der Waals surface area (Å²) in [5.74, 6) is -1.48. The number of likely N-dealkylation sites (tertiary alicyclic amines) is 1. The Morgan fingerprint density at radius 2 is 1.79 bits per heavy atom. The van der Waals surface area contributed by atoms with Crippen LogP contribution in [0.15, 0.2) is 71.9 Å². The average Bonchev–Trinajstić information content (AvgIpc) is 3.09. The van der Waals surface area contributed by atoms with Crippen molar-refractivity contribution < 1.29 is 13.6 Å². The van der Waals surface area contributed by atoms with Crippen LogP contribution in [0.2, 0.25) is 5.02 Å². The molecule has 3 aromatic carbocycles. The third kappa shape index (κ3) is 5.31. The number of carbonyl (C=O) groups is 1. The number of hydrogen-bond donors (Lipinski definition) is 4. The second-order valence-corrected chi connectivity index (χ2v) is 10.4. The van der Waals surface area contributed by atoms with Gasteiger partial charge in [0.05, 0.1) is 23.5 Å². The zero-order valence-corrected chi connectivity index (χ0v) is 23.1. The van der Waals surface area contributed by atoms with Crippen molar-refractivity contribution in [3.63, 3.8) is 0 Å². The molecule has 0 saturated carbocycles. The van der Waals surface area contributed by atoms with Gasteiger partial charge in [-0.05, 0) is 55.6 Å². The standard InChI is InChI=1S/C30H25ClF2N8O/c1-35-20-14-41(15-20)29(34)40-28(42)16-5-8-19(9-6-16)38-30-37-13-17-12-36-27(25-23(32)3-2-4-24(25)33)22-11-18(31)7-10-21(22)26(17)39-30/h2-11,13,20,35H,12,14-15H2,1H3,(H2,34,40,42)(H,37,38,39). The number of rotatable bonds is 5. The molecule has 212 valence electrons. The Balaban J connectivity index is 1.23. The molecule has 1 aromatic heterocycles. The molecule has 0 unspecified atom stereocenters. The number of fused-ring (bicyclic) bond motifs is 3. The maximum Gasteiger partial charge on any atom is 0.257 e. The summed E-state index contributed by atoms with van der Waals surface area (Å²) in [4.78, 5) is 28.1. The number of halogens is 3. The lowest BCUT2D eigenvalue weighted by Gasteiger charge is -2.40. The van der Waals surface area contributed by atoms with Crippen molar-refractivity contribution in [1.29, 1.82) is 5.41 Å². The van der Waals surface area contributed by atoms with Gasteiger partial charge < -0.3 is 15.5 Å². The van der Waals surface area contributed by atoms with E-state index in [1.165, 1.54) is 18.2 Å². The van der Waals surface area contributed by atoms with Gasteiger partial charge >= 0.3 is 0 Å². The van der Waals surface area contributed by atoms with Gasteiger partial charge in [-0.25, -0.2) is 18.7 Å². The minimum Gasteiger partial charge on any atom is -0.340 e. The number of aromatic nitrogens is 2. The van der Waals surface area contributed by atoms with Crippen LogP contribution < -0.4 is 16.0 Å². The topological polar surface area (TPSA) is 118 Å². The number of hydrogen-bond acceptors (Lipinski definition) is 7. The molecule has 1 saturated heterocycles. The van der Waals surface area contributed by atoms with Crippen LogP contribution in [0.1, 0.15) is 27.0 Å². The molecule has 2 aliphatic heterocycles. The third-order valence-electron chi connectivity index (χ3n) is 7.20. The van der Waals surface area contributed by atoms with E-state index in [0.29, 0.717) is 57.8 Å². The van der Waals surface area contributed by atoms with Crippen LogP contribution in [0.5, 0.6) is 0 Å². The number of amides is 1. The highest BCUT2D eigenvalue weighted by Crippen LogP contribution is 2.34. The summed E-state index contributed by atoms with van der Waals surface area (Å²) in [5.41, 5.74) is 3.24. The monoisotopic (exact) mass is 586 g/mol. The van der Waals surface area contributed by atoms with E-state index in [1.807, 2.05) is 7.05 Å². The van der Waals surface area contributed by atoms with Gasteiger partial charge in [-0.3, -0.25) is 20.5 Å². The Morgan fingerprint density at radius 1 is 1.05 bits per heavy atom. The third-order valence-corrected chi connectivity index (χ3v) is 7.44. The SMILES string of the molecule is CNC1CN(C(=N)NC(=O)c2ccc(Nc3ncc4c(n3)-c3ccc(Cl)cc3C(c3c(F)cccc3F)=NC4)cc2)C1. The maximum atomic E-state index is 14.8. The number of aliphatic imine (C=N–C) groups is 1. The largest absolute Gasteiger partial charge is 0.340 e. The van der Waals surface area contributed by atoms with Crippen LogP contribution in [0.4, 0.5) is 20.4 Å². The second kappa shape index (κ2) is 11.3. The number of benzene rings is 3. The van der Waals surface area contributed by atoms with E-state index in [-0.39, 0.29) is 35.6 Å². The van der Waals surface area contributed by atoms with Crippen molar-refractivity contribution in [3.05, 3.63) is 106 Å². The van der Waals surface area contributed by atoms with Gasteiger partial charge in [0, 0.05) is 58.3 Å². The zero-order chi connectivity index (χ0) is 29.4. The van der Waals surface area contributed by atoms with Crippen LogP contribution in [-0.2, 0) is 6.54 Å². The zero-order valence-electron chi connectivity index (χ0n) is 22.4. The first-order valence-electron chi connectivity index (χ1n) is 13.1. The van der Waals surface area contributed by atoms with E-state index in [1.54, 1.807) is 53.6 Å². The van der Waals surface area contributed by atoms with Crippen molar-refractivity contribution in [1.82, 2.24) is 25.5 Å². The lowest BCUT2D eigenvalue weighted by Crippen LogP contribution is -2.62. The molecule has 2 aliphatic rings. The van der Waals surface area contributed by atoms with E-state index in [9.17, 15) is 13.6 Å². The maximum absolute atomic E-state index is 14.8. The lowest BCUT2D eigenvalue weighted by atomic mass is 9.95. The summed E-state index contributed by atoms with van der Waals surface area (Å²) in [5, 5.41) is 17.4. The summed E-state index contributed by atoms with van der Waals surface area (Å²) in [6.07, 6.45) is 1.62. The minimum absolute atomic E-state index is 0.0681. The van der Waals surface area contributed by atoms with Crippen molar-refractivity contribution in [2.45, 2.75) is 12.6 Å². The smallest absolute Gasteiger partial charge is 0.257 e. The molecule has 1 amide bonds. The molecule has 0 aliphatic carbocycles. The Labute approximate surface area is 245 Å². The molecule has 0 radical (unpaired) electrons. The van der Waals surface area contributed by atoms with Crippen molar-refractivity contribution in [3.8, 4) is 11.3 Å². The van der Waals surface area contributed by atoms with Crippen LogP contribution >= 0.6 is 11.6 Å². The molecule has 0 atom stereocenters. The fourth-order valence-corrected chi connectivity index (χ4v) is 5.03. The molecule has 6 rings (SSSR count). The first-order chi connectivity index (χ1) is 20.3. The molecular formula is C30H25ClF2N8O. The summed E-state index contributed by atoms with van der Waals surface area (Å²) in [6.45, 7) is 1.45. The Bertz CT molecular complexity index is 1720. The number of nitrogens with zero attached hydrogens (tertiary/aromatic N) is 4. The van der Waals surface area contributed by atoms with Gasteiger partial charge in [-0.2, -0.15) is 0 Å². The summed E-state index contributed by atoms with van der Waals surface area (Å²) in [6, 6.07) is 15.8. The lowest BCUT2D eigenvalue weighted by molar-refractivity contribution is 0.0965. The molecule has 9 nitrogen and oxygen atoms in total. The molecule has 4 N–H and O–H groups in total. The van der Waals surface area contributed by atoms with E-state index in [0.717, 1.165) is 0 Å². The highest BCUT2D eigenvalue weighted by molar-refractivity contribution is 6.31. The van der Waals surface area contributed by atoms with Crippen molar-refractivity contribution >= 4 is 40.8 Å². The van der Waals surface area contributed by atoms with Gasteiger partial charge in [0.25, 0.3) is 5.91 Å². The first-order valence-corrected chi connectivity index (χ1v) is 13.5. The van der Waals surface area contributed by atoms with Gasteiger partial charge in [0.1, 0.15) is 11.6 Å². The Kier molecular flexibility index (Phi) is 7.36. The van der Waals surface area contributed by atoms with Gasteiger partial charge in [0.2, 0.25) is 5.95 Å². The number of likely N-dealkylation sites (N-methyl/N-ethyl adjacent to an activating group) is 1. The number of anilines is 2. The second-order valence-electron chi connectivity index (χ2n) is 9.91. The highest BCUT2D eigenvalue weighted by Gasteiger charge is 2.28. The first kappa shape index (κ1) is 27.4. The average molecular weight is 587 g/mol. The summed E-state index contributed by atoms with van der Waals surface area (Å²) in [7, 11) is 1.87. The van der Waals surface area contributed by atoms with Gasteiger partial charge in [0.15, 0.2) is 5.96 Å². The Hall–Kier alpha value is -4.74. The Morgan fingerprint density at radius 3 is 2.50 bits per heavy atom. The normalized spacial score (nSPS) is 14.2. The van der Waals surface area contributed by atoms with E-state index in [4.69, 9.17) is 22.0 Å². The van der Waals surface area contributed by atoms with E-state index in [2.05, 4.69) is 25.9 Å². The van der Waals surface area contributed by atoms with Crippen LogP contribution in [0.25, 0.3) is 11.3 Å². The van der Waals surface area contributed by atoms with Crippen molar-refractivity contribution in [2.24, 2.45) is 4.99 Å². The molecule has 0 spiro atoms. The van der Waals surface area contributed by atoms with Crippen LogP contribution in [-0.4, -0.2) is 58.6 Å². The number of nitrogens with one attached hydrogen (secondary N) is 4. The van der Waals surface area contributed by atoms with Crippen LogP contribution in [0, 0.1) is 17.0 Å². The molecule has 3 heterocycles. The molecular weight excluding hydrogens is 562 g/mol. The molecule has 0 bridgehead atoms. The minimum atomic E-state index is -0.726. The fraction of sp³-hybridized carbons (Fsp3) is 0.167. The van der Waals surface area contributed by atoms with Gasteiger partial charge in [-0.1, -0.05) is 23.7 Å². The van der Waals surface area contributed by atoms with Gasteiger partial charge in [-0.15, -0.1) is 0 Å². The fourth-order valence-electron chi connectivity index (χ4n) is 4.86. The molecule has 12 heteroatoms. The quantitative estimate of drug-likeness (QED) is 0.198. The van der Waals surface area contributed by atoms with Crippen LogP contribution in [0.3, 0.4) is 0 Å². The van der Waals surface area contributed by atoms with E-state index < -0.39 is 11.6 Å². The molecule has 4 aromatic rings. The summed E-state index contributed by atoms with van der Waals surface area (Å²) < 4.78 is 29.6. The highest BCUT2D eigenvalue weighted by atomic mass is 35.5. The van der Waals surface area contributed by atoms with E-state index >= 15 is 0 Å². The van der Waals surface area contributed by atoms with Crippen molar-refractivity contribution in [2.75, 3.05) is 25.5 Å². The number of guanidine groups is 1. The predicted octanol–water partition coefficient (Wildman–Crippen LogP) is 4.74. The molecule has 42 heavy (non-hydrogen) atoms. The molecule has 1 fully saturated rings. The predicted molar refractivity (Wildman–Crippen MR) is 158 cm³/mol. The summed E-state index contributed by atoms with van der Waals surface area (Å²) >= 11 is 6.30. The number of carbonyl (C=O) groups excluding carboxylic acids is 1.